The SMILES string of the molecule is C=C1/C=C\C=C/C[C@H](NC(=O)[C@@H]2CCN2C(=O)[C@H](CCCCCC[C@H](NC(=O)[C@H](C)NC)C(=O)N2CC[C@H]2C(=O)N[C@@H]2CCCc3ccccc32)NC(=O)[C@H](C)NC)CCC1. The number of benzene rings is 1. The number of fused-ring (bicyclic) bond motifs is 1. The number of allylic oxidation sites excluding steroid dienone is 4. The zero-order valence-electron chi connectivity index (χ0n) is 36.8. The summed E-state index contributed by atoms with van der Waals surface area (Å²) >= 11 is 0. The number of likely N-dealkylation sites (N-methyl/N-ethyl adjacent to an activating group) is 2. The van der Waals surface area contributed by atoms with Gasteiger partial charge in [0.2, 0.25) is 35.4 Å². The van der Waals surface area contributed by atoms with Gasteiger partial charge in [-0.3, -0.25) is 28.8 Å². The third-order valence-corrected chi connectivity index (χ3v) is 12.9. The predicted molar refractivity (Wildman–Crippen MR) is 237 cm³/mol. The molecule has 0 unspecified atom stereocenters. The Bertz CT molecular complexity index is 1780. The summed E-state index contributed by atoms with van der Waals surface area (Å²) in [4.78, 5) is 84.2. The van der Waals surface area contributed by atoms with Crippen LogP contribution in [0.3, 0.4) is 0 Å². The summed E-state index contributed by atoms with van der Waals surface area (Å²) in [6, 6.07) is 4.30. The minimum atomic E-state index is -0.790. The van der Waals surface area contributed by atoms with Crippen LogP contribution in [0.5, 0.6) is 0 Å². The minimum Gasteiger partial charge on any atom is -0.351 e. The van der Waals surface area contributed by atoms with Crippen LogP contribution in [0.25, 0.3) is 0 Å². The van der Waals surface area contributed by atoms with Crippen LogP contribution in [0.1, 0.15) is 121 Å². The number of carbonyl (C=O) groups is 6. The Kier molecular flexibility index (Phi) is 18.1. The molecule has 2 saturated heterocycles. The molecular formula is C47H70N8O6. The highest BCUT2D eigenvalue weighted by atomic mass is 16.2. The monoisotopic (exact) mass is 843 g/mol. The normalized spacial score (nSPS) is 24.2. The summed E-state index contributed by atoms with van der Waals surface area (Å²) in [5, 5.41) is 18.1. The first kappa shape index (κ1) is 47.2. The first-order chi connectivity index (χ1) is 29.4. The Labute approximate surface area is 362 Å². The number of nitrogens with zero attached hydrogens (tertiary/aromatic N) is 2. The van der Waals surface area contributed by atoms with Gasteiger partial charge in [-0.2, -0.15) is 0 Å². The number of amides is 6. The maximum Gasteiger partial charge on any atom is 0.245 e. The molecule has 1 aromatic rings. The lowest BCUT2D eigenvalue weighted by Crippen LogP contribution is -2.63. The van der Waals surface area contributed by atoms with Crippen molar-refractivity contribution < 1.29 is 28.8 Å². The zero-order chi connectivity index (χ0) is 43.9. The maximum absolute atomic E-state index is 14.0. The number of likely N-dealkylation sites (tertiary alicyclic amines) is 2. The number of hydrogen-bond acceptors (Lipinski definition) is 8. The summed E-state index contributed by atoms with van der Waals surface area (Å²) in [5.74, 6) is -1.43. The highest BCUT2D eigenvalue weighted by Crippen LogP contribution is 2.31. The molecule has 2 fully saturated rings. The van der Waals surface area contributed by atoms with Crippen LogP contribution in [0, 0.1) is 0 Å². The maximum atomic E-state index is 14.0. The van der Waals surface area contributed by atoms with E-state index in [0.717, 1.165) is 62.5 Å². The summed E-state index contributed by atoms with van der Waals surface area (Å²) in [6.07, 6.45) is 18.7. The average molecular weight is 843 g/mol. The topological polar surface area (TPSA) is 181 Å². The lowest BCUT2D eigenvalue weighted by molar-refractivity contribution is -0.150. The largest absolute Gasteiger partial charge is 0.351 e. The van der Waals surface area contributed by atoms with Gasteiger partial charge in [-0.1, -0.05) is 86.4 Å². The van der Waals surface area contributed by atoms with Gasteiger partial charge in [-0.15, -0.1) is 0 Å². The molecule has 6 N–H and O–H groups in total. The van der Waals surface area contributed by atoms with Crippen LogP contribution < -0.4 is 31.9 Å². The lowest BCUT2D eigenvalue weighted by atomic mass is 9.87. The second-order valence-electron chi connectivity index (χ2n) is 17.2. The molecule has 2 aliphatic heterocycles. The van der Waals surface area contributed by atoms with Crippen molar-refractivity contribution in [3.8, 4) is 0 Å². The molecule has 0 bridgehead atoms. The average Bonchev–Trinajstić information content (AvgIpc) is 3.22. The van der Waals surface area contributed by atoms with Crippen LogP contribution in [-0.2, 0) is 35.2 Å². The van der Waals surface area contributed by atoms with E-state index in [1.807, 2.05) is 36.4 Å². The fourth-order valence-electron chi connectivity index (χ4n) is 8.56. The molecule has 61 heavy (non-hydrogen) atoms. The van der Waals surface area contributed by atoms with Crippen LogP contribution in [-0.4, -0.2) is 115 Å². The molecule has 6 amide bonds. The number of hydrogen-bond donors (Lipinski definition) is 6. The van der Waals surface area contributed by atoms with E-state index in [-0.39, 0.29) is 47.5 Å². The molecule has 4 aliphatic rings. The number of carbonyl (C=O) groups excluding carboxylic acids is 6. The molecule has 8 atom stereocenters. The Morgan fingerprint density at radius 1 is 0.705 bits per heavy atom. The van der Waals surface area contributed by atoms with Gasteiger partial charge in [-0.25, -0.2) is 0 Å². The van der Waals surface area contributed by atoms with E-state index in [9.17, 15) is 28.8 Å². The fourth-order valence-corrected chi connectivity index (χ4v) is 8.56. The summed E-state index contributed by atoms with van der Waals surface area (Å²) < 4.78 is 0. The smallest absolute Gasteiger partial charge is 0.245 e. The predicted octanol–water partition coefficient (Wildman–Crippen LogP) is 3.64. The number of unbranched alkanes of at least 4 members (excludes halogenated alkanes) is 3. The molecular weight excluding hydrogens is 773 g/mol. The van der Waals surface area contributed by atoms with Gasteiger partial charge in [0.1, 0.15) is 24.2 Å². The Morgan fingerprint density at radius 2 is 1.26 bits per heavy atom. The Balaban J connectivity index is 1.14. The molecule has 14 nitrogen and oxygen atoms in total. The highest BCUT2D eigenvalue weighted by Gasteiger charge is 2.43. The molecule has 2 heterocycles. The quantitative estimate of drug-likeness (QED) is 0.114. The van der Waals surface area contributed by atoms with Crippen molar-refractivity contribution in [2.75, 3.05) is 27.2 Å². The minimum absolute atomic E-state index is 0.0423. The molecule has 0 radical (unpaired) electrons. The van der Waals surface area contributed by atoms with Crippen molar-refractivity contribution in [2.24, 2.45) is 0 Å². The fraction of sp³-hybridized carbons (Fsp3) is 0.617. The van der Waals surface area contributed by atoms with E-state index in [2.05, 4.69) is 50.6 Å². The van der Waals surface area contributed by atoms with Gasteiger partial charge >= 0.3 is 0 Å². The number of rotatable bonds is 19. The van der Waals surface area contributed by atoms with Crippen molar-refractivity contribution >= 4 is 35.4 Å². The first-order valence-corrected chi connectivity index (χ1v) is 22.7. The summed E-state index contributed by atoms with van der Waals surface area (Å²) in [7, 11) is 3.37. The van der Waals surface area contributed by atoms with E-state index in [4.69, 9.17) is 0 Å². The zero-order valence-corrected chi connectivity index (χ0v) is 36.8. The van der Waals surface area contributed by atoms with E-state index in [1.54, 1.807) is 37.7 Å². The standard InChI is InChI=1S/C47H70N8O6/c1-31-17-9-8-10-21-35(22-15-18-31)50-44(58)40-27-29-54(40)46(60)38(52-42(56)32(2)48-4)24-11-6-7-12-25-39(53-43(57)33(3)49-5)47(61)55-30-28-41(55)45(59)51-37-26-16-20-34-19-13-14-23-36(34)37/h8-10,13-14,17,19,23,32-33,35,37-41,48-49H,1,6-7,11-12,15-16,18,20-22,24-30H2,2-5H3,(H,50,58)(H,51,59)(H,52,56)(H,53,57)/b10-8-,17-9-/t32-,33-,35-,37+,38-,39-,40-,41-/m0/s1. The second-order valence-corrected chi connectivity index (χ2v) is 17.2. The van der Waals surface area contributed by atoms with E-state index >= 15 is 0 Å². The van der Waals surface area contributed by atoms with Gasteiger partial charge in [0.05, 0.1) is 18.1 Å². The molecule has 334 valence electrons. The van der Waals surface area contributed by atoms with Gasteiger partial charge in [0.25, 0.3) is 0 Å². The van der Waals surface area contributed by atoms with Crippen molar-refractivity contribution in [2.45, 2.75) is 158 Å². The van der Waals surface area contributed by atoms with E-state index in [0.29, 0.717) is 58.0 Å². The van der Waals surface area contributed by atoms with Crippen LogP contribution in [0.15, 0.2) is 60.7 Å². The number of nitrogens with one attached hydrogen (secondary N) is 6. The lowest BCUT2D eigenvalue weighted by Gasteiger charge is -2.42. The first-order valence-electron chi connectivity index (χ1n) is 22.7. The molecule has 0 aromatic heterocycles. The molecule has 14 heteroatoms. The van der Waals surface area contributed by atoms with Gasteiger partial charge in [0, 0.05) is 19.1 Å². The number of aryl methyl sites for hydroxylation is 1. The summed E-state index contributed by atoms with van der Waals surface area (Å²) in [6.45, 7) is 8.44. The Hall–Kier alpha value is -4.82. The summed E-state index contributed by atoms with van der Waals surface area (Å²) in [5.41, 5.74) is 3.44. The van der Waals surface area contributed by atoms with Gasteiger partial charge in [0.15, 0.2) is 0 Å². The third-order valence-electron chi connectivity index (χ3n) is 12.9. The van der Waals surface area contributed by atoms with Crippen molar-refractivity contribution in [3.05, 3.63) is 71.8 Å². The van der Waals surface area contributed by atoms with E-state index < -0.39 is 36.3 Å². The molecule has 0 spiro atoms. The molecule has 1 aromatic carbocycles. The van der Waals surface area contributed by atoms with Crippen LogP contribution in [0.4, 0.5) is 0 Å². The molecule has 5 rings (SSSR count). The van der Waals surface area contributed by atoms with Gasteiger partial charge < -0.3 is 41.7 Å². The van der Waals surface area contributed by atoms with Crippen molar-refractivity contribution in [1.29, 1.82) is 0 Å². The van der Waals surface area contributed by atoms with Crippen LogP contribution >= 0.6 is 0 Å². The second kappa shape index (κ2) is 23.4. The third kappa shape index (κ3) is 13.1. The molecule has 0 saturated carbocycles. The van der Waals surface area contributed by atoms with E-state index in [1.165, 1.54) is 5.56 Å². The van der Waals surface area contributed by atoms with Gasteiger partial charge in [-0.05, 0) is 110 Å². The van der Waals surface area contributed by atoms with Crippen molar-refractivity contribution in [3.63, 3.8) is 0 Å². The highest BCUT2D eigenvalue weighted by molar-refractivity contribution is 5.95. The molecule has 2 aliphatic carbocycles. The van der Waals surface area contributed by atoms with Crippen molar-refractivity contribution in [1.82, 2.24) is 41.7 Å². The van der Waals surface area contributed by atoms with Crippen LogP contribution in [0.2, 0.25) is 0 Å². The Morgan fingerprint density at radius 3 is 1.82 bits per heavy atom.